The minimum atomic E-state index is 1.14. The summed E-state index contributed by atoms with van der Waals surface area (Å²) in [5.41, 5.74) is 17.8. The summed E-state index contributed by atoms with van der Waals surface area (Å²) < 4.78 is 7.26. The highest BCUT2D eigenvalue weighted by atomic mass is 15.0. The van der Waals surface area contributed by atoms with Gasteiger partial charge in [0.25, 0.3) is 0 Å². The zero-order valence-corrected chi connectivity index (χ0v) is 34.4. The van der Waals surface area contributed by atoms with Gasteiger partial charge in [-0.05, 0) is 118 Å². The maximum atomic E-state index is 2.44. The highest BCUT2D eigenvalue weighted by Crippen LogP contribution is 2.41. The summed E-state index contributed by atoms with van der Waals surface area (Å²) in [5.74, 6) is 0. The van der Waals surface area contributed by atoms with Crippen LogP contribution < -0.4 is 0 Å². The summed E-state index contributed by atoms with van der Waals surface area (Å²) >= 11 is 0. The first-order valence-electron chi connectivity index (χ1n) is 21.7. The number of rotatable bonds is 6. The lowest BCUT2D eigenvalue weighted by Gasteiger charge is -2.12. The van der Waals surface area contributed by atoms with Gasteiger partial charge in [-0.3, -0.25) is 0 Å². The highest BCUT2D eigenvalue weighted by molar-refractivity contribution is 6.14. The van der Waals surface area contributed by atoms with E-state index >= 15 is 0 Å². The van der Waals surface area contributed by atoms with E-state index in [4.69, 9.17) is 0 Å². The number of hydrogen-bond donors (Lipinski definition) is 0. The van der Waals surface area contributed by atoms with Crippen LogP contribution in [0.1, 0.15) is 0 Å². The van der Waals surface area contributed by atoms with Gasteiger partial charge in [-0.2, -0.15) is 0 Å². The van der Waals surface area contributed by atoms with Crippen LogP contribution in [0, 0.1) is 0 Å². The van der Waals surface area contributed by atoms with Crippen LogP contribution in [-0.2, 0) is 0 Å². The van der Waals surface area contributed by atoms with Gasteiger partial charge < -0.3 is 13.7 Å². The average Bonchev–Trinajstić information content (AvgIpc) is 3.99. The molecule has 10 aromatic carbocycles. The molecule has 0 aliphatic carbocycles. The van der Waals surface area contributed by atoms with Crippen LogP contribution in [0.2, 0.25) is 0 Å². The van der Waals surface area contributed by atoms with Crippen molar-refractivity contribution in [1.82, 2.24) is 13.7 Å². The van der Waals surface area contributed by atoms with E-state index in [-0.39, 0.29) is 0 Å². The second-order valence-corrected chi connectivity index (χ2v) is 16.6. The molecule has 3 aromatic heterocycles. The Bertz CT molecular complexity index is 3890. The minimum Gasteiger partial charge on any atom is -0.309 e. The van der Waals surface area contributed by atoms with E-state index in [9.17, 15) is 0 Å². The van der Waals surface area contributed by atoms with Crippen LogP contribution >= 0.6 is 0 Å². The Kier molecular flexibility index (Phi) is 7.91. The van der Waals surface area contributed by atoms with E-state index in [1.807, 2.05) is 0 Å². The number of benzene rings is 10. The van der Waals surface area contributed by atoms with Crippen LogP contribution in [-0.4, -0.2) is 13.7 Å². The first-order valence-corrected chi connectivity index (χ1v) is 21.7. The van der Waals surface area contributed by atoms with Gasteiger partial charge in [0.15, 0.2) is 0 Å². The molecule has 63 heavy (non-hydrogen) atoms. The summed E-state index contributed by atoms with van der Waals surface area (Å²) in [4.78, 5) is 0. The zero-order chi connectivity index (χ0) is 41.4. The summed E-state index contributed by atoms with van der Waals surface area (Å²) in [6, 6.07) is 86.5. The molecule has 0 unspecified atom stereocenters. The molecule has 13 rings (SSSR count). The topological polar surface area (TPSA) is 14.8 Å². The number of hydrogen-bond acceptors (Lipinski definition) is 0. The standard InChI is InChI=1S/C60H39N3/c1-4-15-40(16-5-1)42-19-14-22-47(35-42)63-58-33-29-44(37-53(58)51-31-27-45(38-60(51)63)41-17-6-2-7-18-41)43-28-32-57-52(36-43)49-23-10-13-26-56(49)62(57)48-30-34-59-54(39-48)50-24-11-12-25-55(50)61(59)46-20-8-3-9-21-46/h1-39H. The molecule has 0 radical (unpaired) electrons. The van der Waals surface area contributed by atoms with Crippen molar-refractivity contribution in [2.45, 2.75) is 0 Å². The van der Waals surface area contributed by atoms with E-state index in [2.05, 4.69) is 250 Å². The number of aromatic nitrogens is 3. The van der Waals surface area contributed by atoms with Crippen LogP contribution in [0.25, 0.3) is 116 Å². The van der Waals surface area contributed by atoms with Crippen LogP contribution in [0.5, 0.6) is 0 Å². The minimum absolute atomic E-state index is 1.14. The molecule has 0 amide bonds. The third-order valence-corrected chi connectivity index (χ3v) is 13.0. The van der Waals surface area contributed by atoms with Gasteiger partial charge in [-0.15, -0.1) is 0 Å². The molecule has 3 heteroatoms. The Hall–Kier alpha value is -8.40. The van der Waals surface area contributed by atoms with Gasteiger partial charge in [-0.25, -0.2) is 0 Å². The quantitative estimate of drug-likeness (QED) is 0.159. The Labute approximate surface area is 364 Å². The number of para-hydroxylation sites is 3. The van der Waals surface area contributed by atoms with Gasteiger partial charge in [0, 0.05) is 49.4 Å². The first-order chi connectivity index (χ1) is 31.2. The molecule has 0 bridgehead atoms. The fourth-order valence-corrected chi connectivity index (χ4v) is 10.1. The maximum Gasteiger partial charge on any atom is 0.0547 e. The first kappa shape index (κ1) is 35.4. The normalized spacial score (nSPS) is 11.8. The smallest absolute Gasteiger partial charge is 0.0547 e. The largest absolute Gasteiger partial charge is 0.309 e. The molecule has 0 spiro atoms. The second-order valence-electron chi connectivity index (χ2n) is 16.6. The van der Waals surface area contributed by atoms with Crippen molar-refractivity contribution in [3.05, 3.63) is 237 Å². The zero-order valence-electron chi connectivity index (χ0n) is 34.4. The third kappa shape index (κ3) is 5.60. The fraction of sp³-hybridized carbons (Fsp3) is 0. The molecule has 0 saturated heterocycles. The van der Waals surface area contributed by atoms with Gasteiger partial charge in [0.1, 0.15) is 0 Å². The van der Waals surface area contributed by atoms with Crippen molar-refractivity contribution in [3.63, 3.8) is 0 Å². The summed E-state index contributed by atoms with van der Waals surface area (Å²) in [7, 11) is 0. The van der Waals surface area contributed by atoms with E-state index in [1.165, 1.54) is 98.8 Å². The highest BCUT2D eigenvalue weighted by Gasteiger charge is 2.19. The van der Waals surface area contributed by atoms with E-state index in [0.29, 0.717) is 0 Å². The Morgan fingerprint density at radius 1 is 0.175 bits per heavy atom. The molecule has 294 valence electrons. The van der Waals surface area contributed by atoms with Gasteiger partial charge in [-0.1, -0.05) is 152 Å². The van der Waals surface area contributed by atoms with Crippen LogP contribution in [0.3, 0.4) is 0 Å². The summed E-state index contributed by atoms with van der Waals surface area (Å²) in [5, 5.41) is 7.44. The maximum absolute atomic E-state index is 2.44. The molecule has 0 aliphatic heterocycles. The van der Waals surface area contributed by atoms with Gasteiger partial charge in [0.2, 0.25) is 0 Å². The van der Waals surface area contributed by atoms with E-state index in [0.717, 1.165) is 17.1 Å². The Morgan fingerprint density at radius 2 is 0.556 bits per heavy atom. The molecule has 3 nitrogen and oxygen atoms in total. The third-order valence-electron chi connectivity index (χ3n) is 13.0. The average molecular weight is 802 g/mol. The molecule has 0 atom stereocenters. The van der Waals surface area contributed by atoms with E-state index < -0.39 is 0 Å². The van der Waals surface area contributed by atoms with E-state index in [1.54, 1.807) is 0 Å². The van der Waals surface area contributed by atoms with Crippen molar-refractivity contribution in [1.29, 1.82) is 0 Å². The fourth-order valence-electron chi connectivity index (χ4n) is 10.1. The van der Waals surface area contributed by atoms with Crippen molar-refractivity contribution in [2.24, 2.45) is 0 Å². The van der Waals surface area contributed by atoms with Crippen molar-refractivity contribution >= 4 is 65.4 Å². The summed E-state index contributed by atoms with van der Waals surface area (Å²) in [6.45, 7) is 0. The molecule has 13 aromatic rings. The molecule has 3 heterocycles. The van der Waals surface area contributed by atoms with Crippen LogP contribution in [0.15, 0.2) is 237 Å². The molecular formula is C60H39N3. The lowest BCUT2D eigenvalue weighted by atomic mass is 9.99. The van der Waals surface area contributed by atoms with Crippen LogP contribution in [0.4, 0.5) is 0 Å². The molecule has 0 N–H and O–H groups in total. The number of fused-ring (bicyclic) bond motifs is 9. The molecule has 0 saturated carbocycles. The molecular weight excluding hydrogens is 763 g/mol. The summed E-state index contributed by atoms with van der Waals surface area (Å²) in [6.07, 6.45) is 0. The lowest BCUT2D eigenvalue weighted by molar-refractivity contribution is 1.17. The van der Waals surface area contributed by atoms with Gasteiger partial charge in [0.05, 0.1) is 33.1 Å². The SMILES string of the molecule is c1ccc(-c2cccc(-n3c4ccc(-c5ccc6c(c5)c5ccccc5n6-c5ccc6c(c5)c5ccccc5n6-c5ccccc5)cc4c4ccc(-c5ccccc5)cc43)c2)cc1. The van der Waals surface area contributed by atoms with Crippen molar-refractivity contribution in [3.8, 4) is 50.4 Å². The van der Waals surface area contributed by atoms with Crippen molar-refractivity contribution < 1.29 is 0 Å². The Morgan fingerprint density at radius 3 is 1.17 bits per heavy atom. The molecule has 0 fully saturated rings. The predicted octanol–water partition coefficient (Wildman–Crippen LogP) is 16.0. The predicted molar refractivity (Wildman–Crippen MR) is 266 cm³/mol. The second kappa shape index (κ2) is 14.1. The van der Waals surface area contributed by atoms with Crippen molar-refractivity contribution in [2.75, 3.05) is 0 Å². The Balaban J connectivity index is 0.977. The molecule has 0 aliphatic rings. The monoisotopic (exact) mass is 801 g/mol. The van der Waals surface area contributed by atoms with Gasteiger partial charge >= 0.3 is 0 Å². The lowest BCUT2D eigenvalue weighted by Crippen LogP contribution is -1.95. The number of nitrogens with zero attached hydrogens (tertiary/aromatic N) is 3.